The second kappa shape index (κ2) is 7.45. The molecule has 0 saturated carbocycles. The number of alkyl halides is 2. The topological polar surface area (TPSA) is 44.1 Å². The van der Waals surface area contributed by atoms with Crippen LogP contribution in [0, 0.1) is 6.92 Å². The van der Waals surface area contributed by atoms with E-state index >= 15 is 0 Å². The number of halogens is 2. The zero-order chi connectivity index (χ0) is 18.8. The van der Waals surface area contributed by atoms with Gasteiger partial charge in [-0.25, -0.2) is 4.98 Å². The molecule has 1 atom stereocenters. The van der Waals surface area contributed by atoms with Crippen molar-refractivity contribution in [2.75, 3.05) is 0 Å². The van der Waals surface area contributed by atoms with Gasteiger partial charge >= 0.3 is 6.61 Å². The monoisotopic (exact) mass is 376 g/mol. The second-order valence-electron chi connectivity index (χ2n) is 5.99. The molecule has 0 spiro atoms. The number of fused-ring (bicyclic) bond motifs is 1. The maximum Gasteiger partial charge on any atom is 0.387 e. The van der Waals surface area contributed by atoms with Crippen LogP contribution in [0.15, 0.2) is 52.4 Å². The number of benzene rings is 2. The molecule has 4 nitrogen and oxygen atoms in total. The number of hydrogen-bond acceptors (Lipinski definition) is 4. The average molecular weight is 376 g/mol. The molecule has 0 N–H and O–H groups in total. The van der Waals surface area contributed by atoms with E-state index in [1.54, 1.807) is 19.2 Å². The molecular formula is C19H18F2N2O2S. The molecule has 0 aliphatic rings. The van der Waals surface area contributed by atoms with Crippen molar-refractivity contribution in [3.63, 3.8) is 0 Å². The van der Waals surface area contributed by atoms with E-state index in [0.717, 1.165) is 11.1 Å². The van der Waals surface area contributed by atoms with Crippen LogP contribution in [0.3, 0.4) is 0 Å². The Morgan fingerprint density at radius 3 is 2.50 bits per heavy atom. The molecule has 136 valence electrons. The van der Waals surface area contributed by atoms with Gasteiger partial charge in [0.2, 0.25) is 0 Å². The number of nitrogens with zero attached hydrogens (tertiary/aromatic N) is 2. The Hall–Kier alpha value is -2.41. The van der Waals surface area contributed by atoms with Crippen molar-refractivity contribution in [2.24, 2.45) is 7.05 Å². The van der Waals surface area contributed by atoms with E-state index in [4.69, 9.17) is 0 Å². The summed E-state index contributed by atoms with van der Waals surface area (Å²) in [7, 11) is 1.70. The van der Waals surface area contributed by atoms with Crippen molar-refractivity contribution in [1.29, 1.82) is 0 Å². The lowest BCUT2D eigenvalue weighted by Crippen LogP contribution is -2.20. The summed E-state index contributed by atoms with van der Waals surface area (Å²) in [5, 5.41) is 1.18. The second-order valence-corrected chi connectivity index (χ2v) is 7.29. The van der Waals surface area contributed by atoms with Crippen LogP contribution >= 0.6 is 11.8 Å². The summed E-state index contributed by atoms with van der Waals surface area (Å²) in [6.07, 6.45) is 0. The van der Waals surface area contributed by atoms with Crippen LogP contribution < -0.4 is 10.3 Å². The molecule has 7 heteroatoms. The van der Waals surface area contributed by atoms with Crippen molar-refractivity contribution in [2.45, 2.75) is 30.9 Å². The molecule has 0 radical (unpaired) electrons. The van der Waals surface area contributed by atoms with Crippen LogP contribution in [-0.4, -0.2) is 16.2 Å². The summed E-state index contributed by atoms with van der Waals surface area (Å²) < 4.78 is 30.4. The molecule has 1 heterocycles. The number of aryl methyl sites for hydroxylation is 1. The van der Waals surface area contributed by atoms with E-state index in [-0.39, 0.29) is 16.6 Å². The summed E-state index contributed by atoms with van der Waals surface area (Å²) in [6.45, 7) is 1.07. The lowest BCUT2D eigenvalue weighted by atomic mass is 10.1. The number of aromatic nitrogens is 2. The Kier molecular flexibility index (Phi) is 5.27. The van der Waals surface area contributed by atoms with E-state index in [9.17, 15) is 13.6 Å². The summed E-state index contributed by atoms with van der Waals surface area (Å²) in [5.41, 5.74) is 2.51. The van der Waals surface area contributed by atoms with Crippen LogP contribution in [0.1, 0.15) is 23.3 Å². The van der Waals surface area contributed by atoms with E-state index < -0.39 is 6.61 Å². The normalized spacial score (nSPS) is 12.5. The molecule has 0 aliphatic carbocycles. The van der Waals surface area contributed by atoms with Crippen molar-refractivity contribution in [3.8, 4) is 5.75 Å². The third-order valence-corrected chi connectivity index (χ3v) is 5.25. The van der Waals surface area contributed by atoms with E-state index in [1.807, 2.05) is 32.0 Å². The van der Waals surface area contributed by atoms with Gasteiger partial charge in [-0.2, -0.15) is 8.78 Å². The first-order valence-corrected chi connectivity index (χ1v) is 8.92. The van der Waals surface area contributed by atoms with E-state index in [1.165, 1.54) is 28.5 Å². The number of rotatable bonds is 5. The van der Waals surface area contributed by atoms with Crippen molar-refractivity contribution < 1.29 is 13.5 Å². The predicted molar refractivity (Wildman–Crippen MR) is 99.1 cm³/mol. The fourth-order valence-corrected chi connectivity index (χ4v) is 3.62. The molecule has 2 aromatic carbocycles. The first-order chi connectivity index (χ1) is 12.3. The fourth-order valence-electron chi connectivity index (χ4n) is 2.62. The van der Waals surface area contributed by atoms with Crippen LogP contribution in [0.5, 0.6) is 5.75 Å². The summed E-state index contributed by atoms with van der Waals surface area (Å²) >= 11 is 1.44. The zero-order valence-corrected chi connectivity index (χ0v) is 15.4. The van der Waals surface area contributed by atoms with Gasteiger partial charge in [-0.15, -0.1) is 0 Å². The minimum absolute atomic E-state index is 0.0170. The Bertz CT molecular complexity index is 987. The van der Waals surface area contributed by atoms with Gasteiger partial charge in [0.05, 0.1) is 10.9 Å². The van der Waals surface area contributed by atoms with E-state index in [0.29, 0.717) is 16.1 Å². The lowest BCUT2D eigenvalue weighted by molar-refractivity contribution is -0.0498. The molecule has 0 amide bonds. The number of ether oxygens (including phenoxy) is 1. The minimum atomic E-state index is -2.84. The summed E-state index contributed by atoms with van der Waals surface area (Å²) in [5.74, 6) is 0.118. The van der Waals surface area contributed by atoms with Crippen LogP contribution in [0.2, 0.25) is 0 Å². The zero-order valence-electron chi connectivity index (χ0n) is 14.6. The van der Waals surface area contributed by atoms with Gasteiger partial charge in [0.15, 0.2) is 5.16 Å². The number of thioether (sulfide) groups is 1. The highest BCUT2D eigenvalue weighted by atomic mass is 32.2. The first kappa shape index (κ1) is 18.4. The Balaban J connectivity index is 1.87. The highest BCUT2D eigenvalue weighted by Gasteiger charge is 2.14. The molecule has 0 saturated heterocycles. The molecule has 26 heavy (non-hydrogen) atoms. The maximum absolute atomic E-state index is 12.6. The predicted octanol–water partition coefficient (Wildman–Crippen LogP) is 4.70. The largest absolute Gasteiger partial charge is 0.435 e. The van der Waals surface area contributed by atoms with Crippen molar-refractivity contribution in [1.82, 2.24) is 9.55 Å². The van der Waals surface area contributed by atoms with Gasteiger partial charge in [-0.3, -0.25) is 9.36 Å². The first-order valence-electron chi connectivity index (χ1n) is 8.04. The lowest BCUT2D eigenvalue weighted by Gasteiger charge is -2.15. The maximum atomic E-state index is 12.6. The summed E-state index contributed by atoms with van der Waals surface area (Å²) in [4.78, 5) is 17.2. The molecule has 3 rings (SSSR count). The van der Waals surface area contributed by atoms with Crippen LogP contribution in [0.4, 0.5) is 8.78 Å². The molecule has 1 aromatic heterocycles. The van der Waals surface area contributed by atoms with Gasteiger partial charge in [0, 0.05) is 12.3 Å². The minimum Gasteiger partial charge on any atom is -0.435 e. The quantitative estimate of drug-likeness (QED) is 0.478. The van der Waals surface area contributed by atoms with Gasteiger partial charge < -0.3 is 4.74 Å². The highest BCUT2D eigenvalue weighted by molar-refractivity contribution is 7.99. The fraction of sp³-hybridized carbons (Fsp3) is 0.263. The third-order valence-electron chi connectivity index (χ3n) is 4.05. The Morgan fingerprint density at radius 2 is 1.85 bits per heavy atom. The molecule has 0 aliphatic heterocycles. The molecule has 0 fully saturated rings. The number of hydrogen-bond donors (Lipinski definition) is 0. The highest BCUT2D eigenvalue weighted by Crippen LogP contribution is 2.34. The Labute approximate surface area is 153 Å². The molecule has 3 aromatic rings. The van der Waals surface area contributed by atoms with Gasteiger partial charge in [0.25, 0.3) is 5.56 Å². The van der Waals surface area contributed by atoms with Gasteiger partial charge in [-0.05, 0) is 43.7 Å². The average Bonchev–Trinajstić information content (AvgIpc) is 2.60. The van der Waals surface area contributed by atoms with Gasteiger partial charge in [0.1, 0.15) is 5.75 Å². The smallest absolute Gasteiger partial charge is 0.387 e. The van der Waals surface area contributed by atoms with E-state index in [2.05, 4.69) is 9.72 Å². The van der Waals surface area contributed by atoms with Crippen LogP contribution in [-0.2, 0) is 7.05 Å². The standard InChI is InChI=1S/C19H18F2N2O2S/c1-11-4-9-16-15(10-11)17(24)23(3)19(22-16)26-12(2)13-5-7-14(8-6-13)25-18(20)21/h4-10,12,18H,1-3H3. The van der Waals surface area contributed by atoms with Crippen molar-refractivity contribution >= 4 is 22.7 Å². The van der Waals surface area contributed by atoms with Crippen molar-refractivity contribution in [3.05, 3.63) is 63.9 Å². The molecule has 1 unspecified atom stereocenters. The third kappa shape index (κ3) is 3.88. The molecular weight excluding hydrogens is 358 g/mol. The Morgan fingerprint density at radius 1 is 1.15 bits per heavy atom. The van der Waals surface area contributed by atoms with Crippen LogP contribution in [0.25, 0.3) is 10.9 Å². The SMILES string of the molecule is Cc1ccc2nc(SC(C)c3ccc(OC(F)F)cc3)n(C)c(=O)c2c1. The molecule has 0 bridgehead atoms. The summed E-state index contributed by atoms with van der Waals surface area (Å²) in [6, 6.07) is 12.1. The van der Waals surface area contributed by atoms with Gasteiger partial charge in [-0.1, -0.05) is 35.5 Å².